The molecule has 3 aromatic rings. The Kier molecular flexibility index (Phi) is 6.67. The predicted octanol–water partition coefficient (Wildman–Crippen LogP) is 2.76. The first kappa shape index (κ1) is 21.5. The molecule has 31 heavy (non-hydrogen) atoms. The zero-order valence-corrected chi connectivity index (χ0v) is 19.0. The van der Waals surface area contributed by atoms with E-state index in [2.05, 4.69) is 22.0 Å². The van der Waals surface area contributed by atoms with Crippen LogP contribution in [0.25, 0.3) is 4.96 Å². The van der Waals surface area contributed by atoms with Crippen LogP contribution in [-0.4, -0.2) is 75.7 Å². The Morgan fingerprint density at radius 2 is 1.94 bits per heavy atom. The van der Waals surface area contributed by atoms with Gasteiger partial charge in [-0.3, -0.25) is 18.9 Å². The highest BCUT2D eigenvalue weighted by molar-refractivity contribution is 7.15. The van der Waals surface area contributed by atoms with Crippen molar-refractivity contribution in [3.05, 3.63) is 58.9 Å². The molecule has 0 spiro atoms. The predicted molar refractivity (Wildman–Crippen MR) is 122 cm³/mol. The number of thiazole rings is 1. The summed E-state index contributed by atoms with van der Waals surface area (Å²) in [6.45, 7) is 6.14. The zero-order valence-electron chi connectivity index (χ0n) is 18.2. The van der Waals surface area contributed by atoms with Crippen molar-refractivity contribution in [3.63, 3.8) is 0 Å². The van der Waals surface area contributed by atoms with Gasteiger partial charge in [-0.2, -0.15) is 0 Å². The number of fused-ring (bicyclic) bond motifs is 1. The van der Waals surface area contributed by atoms with E-state index in [0.717, 1.165) is 49.7 Å². The van der Waals surface area contributed by atoms with Crippen molar-refractivity contribution in [2.24, 2.45) is 0 Å². The maximum absolute atomic E-state index is 13.3. The molecule has 1 aliphatic heterocycles. The summed E-state index contributed by atoms with van der Waals surface area (Å²) in [7, 11) is 1.85. The molecule has 1 aliphatic rings. The number of rotatable bonds is 6. The minimum atomic E-state index is -0.0398. The molecule has 2 amide bonds. The quantitative estimate of drug-likeness (QED) is 0.593. The van der Waals surface area contributed by atoms with Crippen LogP contribution < -0.4 is 0 Å². The van der Waals surface area contributed by atoms with E-state index in [1.807, 2.05) is 46.1 Å². The SMILES string of the molecule is CC(=O)N1CCCN(Cc2c(C(=O)N(C)CCc3ccccc3)nc3sccn23)CC1. The number of carbonyl (C=O) groups is 2. The van der Waals surface area contributed by atoms with E-state index in [1.165, 1.54) is 5.56 Å². The molecule has 8 heteroatoms. The van der Waals surface area contributed by atoms with Gasteiger partial charge in [-0.05, 0) is 18.4 Å². The molecule has 3 heterocycles. The largest absolute Gasteiger partial charge is 0.342 e. The molecule has 1 aromatic carbocycles. The molecule has 0 saturated carbocycles. The normalized spacial score (nSPS) is 15.2. The van der Waals surface area contributed by atoms with Gasteiger partial charge in [-0.1, -0.05) is 30.3 Å². The summed E-state index contributed by atoms with van der Waals surface area (Å²) in [5.74, 6) is 0.0874. The van der Waals surface area contributed by atoms with E-state index in [-0.39, 0.29) is 11.8 Å². The topological polar surface area (TPSA) is 61.2 Å². The van der Waals surface area contributed by atoms with Gasteiger partial charge in [-0.25, -0.2) is 4.98 Å². The summed E-state index contributed by atoms with van der Waals surface area (Å²) in [5, 5.41) is 2.00. The Morgan fingerprint density at radius 3 is 2.71 bits per heavy atom. The van der Waals surface area contributed by atoms with Crippen LogP contribution in [0, 0.1) is 0 Å². The minimum Gasteiger partial charge on any atom is -0.342 e. The van der Waals surface area contributed by atoms with Gasteiger partial charge in [0.2, 0.25) is 5.91 Å². The summed E-state index contributed by atoms with van der Waals surface area (Å²) < 4.78 is 2.04. The van der Waals surface area contributed by atoms with Crippen LogP contribution >= 0.6 is 11.3 Å². The highest BCUT2D eigenvalue weighted by Gasteiger charge is 2.25. The molecule has 2 aromatic heterocycles. The molecule has 1 saturated heterocycles. The van der Waals surface area contributed by atoms with Crippen LogP contribution in [0.4, 0.5) is 0 Å². The summed E-state index contributed by atoms with van der Waals surface area (Å²) in [4.78, 5) is 36.5. The second-order valence-corrected chi connectivity index (χ2v) is 8.93. The Bertz CT molecular complexity index is 1040. The highest BCUT2D eigenvalue weighted by atomic mass is 32.1. The maximum Gasteiger partial charge on any atom is 0.274 e. The van der Waals surface area contributed by atoms with Gasteiger partial charge in [0.15, 0.2) is 10.7 Å². The Balaban J connectivity index is 1.49. The van der Waals surface area contributed by atoms with Crippen LogP contribution in [-0.2, 0) is 17.8 Å². The van der Waals surface area contributed by atoms with E-state index in [1.54, 1.807) is 23.2 Å². The Labute approximate surface area is 186 Å². The average Bonchev–Trinajstić information content (AvgIpc) is 3.27. The fourth-order valence-electron chi connectivity index (χ4n) is 4.03. The van der Waals surface area contributed by atoms with Crippen molar-refractivity contribution in [2.75, 3.05) is 39.8 Å². The highest BCUT2D eigenvalue weighted by Crippen LogP contribution is 2.21. The van der Waals surface area contributed by atoms with E-state index in [4.69, 9.17) is 0 Å². The third-order valence-electron chi connectivity index (χ3n) is 5.90. The number of likely N-dealkylation sites (N-methyl/N-ethyl adjacent to an activating group) is 1. The van der Waals surface area contributed by atoms with Crippen LogP contribution in [0.3, 0.4) is 0 Å². The van der Waals surface area contributed by atoms with Gasteiger partial charge in [0.25, 0.3) is 5.91 Å². The van der Waals surface area contributed by atoms with E-state index in [9.17, 15) is 9.59 Å². The minimum absolute atomic E-state index is 0.0398. The monoisotopic (exact) mass is 439 g/mol. The van der Waals surface area contributed by atoms with Crippen molar-refractivity contribution < 1.29 is 9.59 Å². The molecule has 164 valence electrons. The molecule has 0 aliphatic carbocycles. The van der Waals surface area contributed by atoms with Crippen LogP contribution in [0.1, 0.15) is 35.1 Å². The van der Waals surface area contributed by atoms with Gasteiger partial charge in [0.05, 0.1) is 5.69 Å². The average molecular weight is 440 g/mol. The van der Waals surface area contributed by atoms with Crippen molar-refractivity contribution in [2.45, 2.75) is 26.3 Å². The third-order valence-corrected chi connectivity index (χ3v) is 6.65. The van der Waals surface area contributed by atoms with Crippen molar-refractivity contribution >= 4 is 28.1 Å². The molecule has 1 fully saturated rings. The molecule has 0 unspecified atom stereocenters. The fourth-order valence-corrected chi connectivity index (χ4v) is 4.77. The van der Waals surface area contributed by atoms with Crippen LogP contribution in [0.15, 0.2) is 41.9 Å². The molecular weight excluding hydrogens is 410 g/mol. The van der Waals surface area contributed by atoms with Crippen molar-refractivity contribution in [3.8, 4) is 0 Å². The fraction of sp³-hybridized carbons (Fsp3) is 0.435. The first-order chi connectivity index (χ1) is 15.0. The molecule has 4 rings (SSSR count). The maximum atomic E-state index is 13.3. The molecule has 0 bridgehead atoms. The van der Waals surface area contributed by atoms with Crippen LogP contribution in [0.5, 0.6) is 0 Å². The lowest BCUT2D eigenvalue weighted by atomic mass is 10.1. The van der Waals surface area contributed by atoms with Crippen molar-refractivity contribution in [1.82, 2.24) is 24.1 Å². The van der Waals surface area contributed by atoms with E-state index < -0.39 is 0 Å². The molecule has 0 N–H and O–H groups in total. The molecule has 0 atom stereocenters. The number of imidazole rings is 1. The second kappa shape index (κ2) is 9.62. The zero-order chi connectivity index (χ0) is 21.8. The summed E-state index contributed by atoms with van der Waals surface area (Å²) in [6.07, 6.45) is 3.74. The number of amides is 2. The molecule has 7 nitrogen and oxygen atoms in total. The van der Waals surface area contributed by atoms with Crippen molar-refractivity contribution in [1.29, 1.82) is 0 Å². The second-order valence-electron chi connectivity index (χ2n) is 8.06. The van der Waals surface area contributed by atoms with Gasteiger partial charge >= 0.3 is 0 Å². The third kappa shape index (κ3) is 4.97. The van der Waals surface area contributed by atoms with Gasteiger partial charge in [0.1, 0.15) is 0 Å². The number of aromatic nitrogens is 2. The lowest BCUT2D eigenvalue weighted by Crippen LogP contribution is -2.34. The van der Waals surface area contributed by atoms with Gasteiger partial charge in [-0.15, -0.1) is 11.3 Å². The molecule has 0 radical (unpaired) electrons. The first-order valence-corrected chi connectivity index (χ1v) is 11.6. The number of benzene rings is 1. The Hall–Kier alpha value is -2.71. The number of carbonyl (C=O) groups excluding carboxylic acids is 2. The van der Waals surface area contributed by atoms with E-state index >= 15 is 0 Å². The number of hydrogen-bond donors (Lipinski definition) is 0. The lowest BCUT2D eigenvalue weighted by Gasteiger charge is -2.22. The van der Waals surface area contributed by atoms with Gasteiger partial charge in [0, 0.05) is 64.8 Å². The Morgan fingerprint density at radius 1 is 1.13 bits per heavy atom. The summed E-state index contributed by atoms with van der Waals surface area (Å²) >= 11 is 1.54. The summed E-state index contributed by atoms with van der Waals surface area (Å²) in [5.41, 5.74) is 2.69. The van der Waals surface area contributed by atoms with Gasteiger partial charge < -0.3 is 9.80 Å². The lowest BCUT2D eigenvalue weighted by molar-refractivity contribution is -0.128. The number of hydrogen-bond acceptors (Lipinski definition) is 5. The van der Waals surface area contributed by atoms with E-state index in [0.29, 0.717) is 18.8 Å². The summed E-state index contributed by atoms with van der Waals surface area (Å²) in [6, 6.07) is 10.2. The van der Waals surface area contributed by atoms with Crippen LogP contribution in [0.2, 0.25) is 0 Å². The number of nitrogens with zero attached hydrogens (tertiary/aromatic N) is 5. The molecular formula is C23H29N5O2S. The first-order valence-electron chi connectivity index (χ1n) is 10.7. The smallest absolute Gasteiger partial charge is 0.274 e. The standard InChI is InChI=1S/C23H29N5O2S/c1-18(29)27-11-6-10-26(13-14-27)17-20-21(24-23-28(20)15-16-31-23)22(30)25(2)12-9-19-7-4-3-5-8-19/h3-5,7-8,15-16H,6,9-14,17H2,1-2H3.